The number of rotatable bonds is 4. The van der Waals surface area contributed by atoms with Gasteiger partial charge in [-0.3, -0.25) is 0 Å². The fourth-order valence-electron chi connectivity index (χ4n) is 0.404. The van der Waals surface area contributed by atoms with Crippen LogP contribution in [-0.4, -0.2) is 13.1 Å². The zero-order valence-electron chi connectivity index (χ0n) is 4.88. The van der Waals surface area contributed by atoms with Crippen molar-refractivity contribution < 1.29 is 5.73 Å². The Morgan fingerprint density at radius 1 is 1.50 bits per heavy atom. The van der Waals surface area contributed by atoms with Crippen LogP contribution in [0.5, 0.6) is 0 Å². The van der Waals surface area contributed by atoms with E-state index in [1.165, 1.54) is 0 Å². The molecule has 0 fully saturated rings. The molecule has 0 aromatic carbocycles. The van der Waals surface area contributed by atoms with Crippen LogP contribution in [0.15, 0.2) is 5.11 Å². The minimum absolute atomic E-state index is 0.617. The van der Waals surface area contributed by atoms with Crippen LogP contribution >= 0.6 is 0 Å². The van der Waals surface area contributed by atoms with E-state index in [-0.39, 0.29) is 0 Å². The maximum atomic E-state index is 7.81. The standard InChI is InChI=1S/C4H10N4/c5-3-1-2-4-7-8-6/h1-5H2/p+1. The molecule has 0 bridgehead atoms. The van der Waals surface area contributed by atoms with Gasteiger partial charge in [0.05, 0.1) is 6.54 Å². The summed E-state index contributed by atoms with van der Waals surface area (Å²) in [7, 11) is 0. The lowest BCUT2D eigenvalue weighted by molar-refractivity contribution is -0.368. The second kappa shape index (κ2) is 6.27. The number of quaternary nitrogens is 1. The van der Waals surface area contributed by atoms with E-state index in [2.05, 4.69) is 15.8 Å². The molecule has 0 unspecified atom stereocenters. The molecule has 0 aliphatic heterocycles. The van der Waals surface area contributed by atoms with Crippen LogP contribution in [0.4, 0.5) is 0 Å². The normalized spacial score (nSPS) is 8.12. The molecule has 0 spiro atoms. The van der Waals surface area contributed by atoms with Crippen molar-refractivity contribution in [2.45, 2.75) is 12.8 Å². The van der Waals surface area contributed by atoms with Crippen molar-refractivity contribution in [3.8, 4) is 0 Å². The monoisotopic (exact) mass is 115 g/mol. The predicted octanol–water partition coefficient (Wildman–Crippen LogP) is 0.319. The minimum atomic E-state index is 0.617. The van der Waals surface area contributed by atoms with Crippen molar-refractivity contribution in [3.05, 3.63) is 10.4 Å². The third-order valence-corrected chi connectivity index (χ3v) is 0.821. The van der Waals surface area contributed by atoms with Gasteiger partial charge in [-0.15, -0.1) is 0 Å². The lowest BCUT2D eigenvalue weighted by Gasteiger charge is -1.85. The minimum Gasteiger partial charge on any atom is -0.358 e. The van der Waals surface area contributed by atoms with E-state index >= 15 is 0 Å². The van der Waals surface area contributed by atoms with E-state index < -0.39 is 0 Å². The van der Waals surface area contributed by atoms with Crippen molar-refractivity contribution in [2.24, 2.45) is 5.11 Å². The van der Waals surface area contributed by atoms with Crippen molar-refractivity contribution in [1.82, 2.24) is 0 Å². The third-order valence-electron chi connectivity index (χ3n) is 0.821. The van der Waals surface area contributed by atoms with Gasteiger partial charge in [0, 0.05) is 11.5 Å². The number of hydrogen-bond acceptors (Lipinski definition) is 1. The topological polar surface area (TPSA) is 76.4 Å². The van der Waals surface area contributed by atoms with Gasteiger partial charge in [0.25, 0.3) is 0 Å². The summed E-state index contributed by atoms with van der Waals surface area (Å²) in [6, 6.07) is 0. The molecule has 0 rings (SSSR count). The molecule has 3 N–H and O–H groups in total. The summed E-state index contributed by atoms with van der Waals surface area (Å²) in [5.74, 6) is 0. The fraction of sp³-hybridized carbons (Fsp3) is 1.00. The Balaban J connectivity index is 2.82. The first-order chi connectivity index (χ1) is 3.91. The molecule has 0 radical (unpaired) electrons. The Labute approximate surface area is 48.3 Å². The molecule has 0 atom stereocenters. The smallest absolute Gasteiger partial charge is 0.0739 e. The molecular weight excluding hydrogens is 104 g/mol. The second-order valence-corrected chi connectivity index (χ2v) is 1.52. The largest absolute Gasteiger partial charge is 0.358 e. The Morgan fingerprint density at radius 2 is 2.25 bits per heavy atom. The highest BCUT2D eigenvalue weighted by Gasteiger charge is 1.81. The molecule has 46 valence electrons. The molecular formula is C4H11N4+. The van der Waals surface area contributed by atoms with Crippen molar-refractivity contribution in [3.63, 3.8) is 0 Å². The first kappa shape index (κ1) is 7.27. The second-order valence-electron chi connectivity index (χ2n) is 1.52. The third kappa shape index (κ3) is 5.27. The Kier molecular flexibility index (Phi) is 5.70. The molecule has 4 heteroatoms. The molecule has 0 saturated heterocycles. The van der Waals surface area contributed by atoms with Crippen LogP contribution in [0.3, 0.4) is 0 Å². The maximum Gasteiger partial charge on any atom is 0.0739 e. The maximum absolute atomic E-state index is 7.81. The quantitative estimate of drug-likeness (QED) is 0.237. The molecule has 0 heterocycles. The zero-order chi connectivity index (χ0) is 6.24. The van der Waals surface area contributed by atoms with E-state index in [1.54, 1.807) is 0 Å². The molecule has 0 aromatic rings. The number of hydrogen-bond donors (Lipinski definition) is 1. The van der Waals surface area contributed by atoms with Gasteiger partial charge in [-0.1, -0.05) is 5.11 Å². The summed E-state index contributed by atoms with van der Waals surface area (Å²) >= 11 is 0. The molecule has 0 aliphatic carbocycles. The Morgan fingerprint density at radius 3 is 2.75 bits per heavy atom. The SMILES string of the molecule is [N-]=[N+]=NCCCC[NH3+]. The van der Waals surface area contributed by atoms with E-state index in [4.69, 9.17) is 5.53 Å². The van der Waals surface area contributed by atoms with Crippen molar-refractivity contribution >= 4 is 0 Å². The summed E-state index contributed by atoms with van der Waals surface area (Å²) in [6.07, 6.45) is 2.02. The van der Waals surface area contributed by atoms with Crippen LogP contribution in [0.25, 0.3) is 10.4 Å². The van der Waals surface area contributed by atoms with Gasteiger partial charge in [-0.2, -0.15) is 0 Å². The Hall–Kier alpha value is -0.730. The molecule has 0 aromatic heterocycles. The summed E-state index contributed by atoms with van der Waals surface area (Å²) in [4.78, 5) is 2.61. The van der Waals surface area contributed by atoms with Gasteiger partial charge in [0.15, 0.2) is 0 Å². The van der Waals surface area contributed by atoms with Gasteiger partial charge in [0.1, 0.15) is 0 Å². The summed E-state index contributed by atoms with van der Waals surface area (Å²) < 4.78 is 0. The lowest BCUT2D eigenvalue weighted by Crippen LogP contribution is -2.50. The van der Waals surface area contributed by atoms with Gasteiger partial charge in [-0.05, 0) is 18.4 Å². The van der Waals surface area contributed by atoms with Crippen LogP contribution in [-0.2, 0) is 0 Å². The molecule has 8 heavy (non-hydrogen) atoms. The van der Waals surface area contributed by atoms with Crippen molar-refractivity contribution in [1.29, 1.82) is 0 Å². The highest BCUT2D eigenvalue weighted by atomic mass is 15.1. The Bertz CT molecular complexity index is 84.0. The van der Waals surface area contributed by atoms with Crippen LogP contribution in [0.1, 0.15) is 12.8 Å². The fourth-order valence-corrected chi connectivity index (χ4v) is 0.404. The first-order valence-corrected chi connectivity index (χ1v) is 2.72. The van der Waals surface area contributed by atoms with Gasteiger partial charge >= 0.3 is 0 Å². The number of unbranched alkanes of at least 4 members (excludes halogenated alkanes) is 1. The van der Waals surface area contributed by atoms with E-state index in [9.17, 15) is 0 Å². The molecule has 0 amide bonds. The van der Waals surface area contributed by atoms with Crippen LogP contribution < -0.4 is 5.73 Å². The average Bonchev–Trinajstić information content (AvgIpc) is 1.81. The predicted molar refractivity (Wildman–Crippen MR) is 31.0 cm³/mol. The lowest BCUT2D eigenvalue weighted by atomic mass is 10.3. The zero-order valence-corrected chi connectivity index (χ0v) is 4.88. The van der Waals surface area contributed by atoms with Gasteiger partial charge in [-0.25, -0.2) is 0 Å². The van der Waals surface area contributed by atoms with E-state index in [0.29, 0.717) is 6.54 Å². The highest BCUT2D eigenvalue weighted by Crippen LogP contribution is 1.84. The number of azide groups is 1. The van der Waals surface area contributed by atoms with E-state index in [1.807, 2.05) is 0 Å². The average molecular weight is 115 g/mol. The summed E-state index contributed by atoms with van der Waals surface area (Å²) in [5.41, 5.74) is 11.5. The van der Waals surface area contributed by atoms with E-state index in [0.717, 1.165) is 19.4 Å². The van der Waals surface area contributed by atoms with Crippen LogP contribution in [0.2, 0.25) is 0 Å². The number of nitrogens with zero attached hydrogens (tertiary/aromatic N) is 3. The first-order valence-electron chi connectivity index (χ1n) is 2.72. The summed E-state index contributed by atoms with van der Waals surface area (Å²) in [5, 5.41) is 3.36. The highest BCUT2D eigenvalue weighted by molar-refractivity contribution is 4.45. The van der Waals surface area contributed by atoms with Crippen LogP contribution in [0, 0.1) is 0 Å². The summed E-state index contributed by atoms with van der Waals surface area (Å²) in [6.45, 7) is 1.55. The molecule has 0 saturated carbocycles. The van der Waals surface area contributed by atoms with Gasteiger partial charge in [0.2, 0.25) is 0 Å². The van der Waals surface area contributed by atoms with Crippen molar-refractivity contribution in [2.75, 3.05) is 13.1 Å². The molecule has 4 nitrogen and oxygen atoms in total. The van der Waals surface area contributed by atoms with Gasteiger partial charge < -0.3 is 5.73 Å². The molecule has 0 aliphatic rings.